The first-order valence-electron chi connectivity index (χ1n) is 5.78. The van der Waals surface area contributed by atoms with E-state index in [2.05, 4.69) is 10.3 Å². The Morgan fingerprint density at radius 3 is 2.94 bits per heavy atom. The van der Waals surface area contributed by atoms with E-state index in [-0.39, 0.29) is 11.6 Å². The number of fused-ring (bicyclic) bond motifs is 1. The first kappa shape index (κ1) is 11.7. The van der Waals surface area contributed by atoms with Crippen LogP contribution in [-0.2, 0) is 0 Å². The third-order valence-corrected chi connectivity index (χ3v) is 2.67. The van der Waals surface area contributed by atoms with Gasteiger partial charge in [-0.05, 0) is 30.9 Å². The molecule has 0 radical (unpaired) electrons. The molecule has 0 fully saturated rings. The van der Waals surface area contributed by atoms with Gasteiger partial charge >= 0.3 is 0 Å². The van der Waals surface area contributed by atoms with Gasteiger partial charge in [-0.15, -0.1) is 0 Å². The van der Waals surface area contributed by atoms with Gasteiger partial charge < -0.3 is 16.0 Å². The summed E-state index contributed by atoms with van der Waals surface area (Å²) in [7, 11) is 0. The minimum atomic E-state index is -0.0635. The topological polar surface area (TPSA) is 70.9 Å². The average Bonchev–Trinajstić information content (AvgIpc) is 2.28. The number of hydrogen-bond donors (Lipinski definition) is 3. The smallest absolute Gasteiger partial charge is 0.257 e. The van der Waals surface area contributed by atoms with Crippen molar-refractivity contribution in [1.82, 2.24) is 4.98 Å². The molecule has 1 unspecified atom stereocenters. The number of rotatable bonds is 4. The normalized spacial score (nSPS) is 12.6. The van der Waals surface area contributed by atoms with Gasteiger partial charge in [0, 0.05) is 18.0 Å². The van der Waals surface area contributed by atoms with Crippen LogP contribution < -0.4 is 16.6 Å². The van der Waals surface area contributed by atoms with Crippen molar-refractivity contribution in [2.45, 2.75) is 19.4 Å². The highest BCUT2D eigenvalue weighted by Crippen LogP contribution is 2.12. The van der Waals surface area contributed by atoms with E-state index in [0.29, 0.717) is 5.39 Å². The number of H-pyrrole nitrogens is 1. The fourth-order valence-corrected chi connectivity index (χ4v) is 1.74. The van der Waals surface area contributed by atoms with Crippen LogP contribution in [0.25, 0.3) is 10.8 Å². The van der Waals surface area contributed by atoms with Crippen molar-refractivity contribution >= 4 is 16.6 Å². The summed E-state index contributed by atoms with van der Waals surface area (Å²) in [5.41, 5.74) is 5.60. The van der Waals surface area contributed by atoms with Crippen molar-refractivity contribution in [1.29, 1.82) is 0 Å². The molecule has 1 atom stereocenters. The zero-order valence-corrected chi connectivity index (χ0v) is 9.86. The summed E-state index contributed by atoms with van der Waals surface area (Å²) in [5, 5.41) is 4.83. The molecule has 90 valence electrons. The molecule has 2 rings (SSSR count). The molecule has 0 saturated carbocycles. The van der Waals surface area contributed by atoms with Gasteiger partial charge in [-0.3, -0.25) is 4.79 Å². The van der Waals surface area contributed by atoms with Crippen LogP contribution in [0.4, 0.5) is 5.82 Å². The minimum Gasteiger partial charge on any atom is -0.371 e. The summed E-state index contributed by atoms with van der Waals surface area (Å²) >= 11 is 0. The van der Waals surface area contributed by atoms with E-state index in [1.807, 2.05) is 37.3 Å². The van der Waals surface area contributed by atoms with Gasteiger partial charge in [0.15, 0.2) is 0 Å². The van der Waals surface area contributed by atoms with Crippen LogP contribution in [-0.4, -0.2) is 17.6 Å². The van der Waals surface area contributed by atoms with Gasteiger partial charge in [0.05, 0.1) is 0 Å². The zero-order valence-electron chi connectivity index (χ0n) is 9.86. The van der Waals surface area contributed by atoms with E-state index in [0.717, 1.165) is 24.2 Å². The standard InChI is InChI=1S/C13H17N3O/c1-9(14)6-7-15-12-8-10-4-2-3-5-11(10)13(17)16-12/h2-5,8-9H,6-7,14H2,1H3,(H2,15,16,17). The predicted octanol–water partition coefficient (Wildman–Crippen LogP) is 1.68. The lowest BCUT2D eigenvalue weighted by atomic mass is 10.2. The molecule has 1 heterocycles. The molecule has 1 aromatic carbocycles. The lowest BCUT2D eigenvalue weighted by molar-refractivity contribution is 0.689. The first-order valence-corrected chi connectivity index (χ1v) is 5.78. The van der Waals surface area contributed by atoms with Crippen LogP contribution in [0.2, 0.25) is 0 Å². The Kier molecular flexibility index (Phi) is 3.44. The number of hydrogen-bond acceptors (Lipinski definition) is 3. The molecule has 0 amide bonds. The molecule has 4 N–H and O–H groups in total. The number of nitrogens with two attached hydrogens (primary N) is 1. The third kappa shape index (κ3) is 2.85. The number of benzene rings is 1. The SMILES string of the molecule is CC(N)CCNc1cc2ccccc2c(=O)[nH]1. The summed E-state index contributed by atoms with van der Waals surface area (Å²) in [6.07, 6.45) is 0.870. The van der Waals surface area contributed by atoms with Crippen LogP contribution >= 0.6 is 0 Å². The average molecular weight is 231 g/mol. The highest BCUT2D eigenvalue weighted by Gasteiger charge is 2.01. The Morgan fingerprint density at radius 1 is 1.41 bits per heavy atom. The summed E-state index contributed by atoms with van der Waals surface area (Å²) < 4.78 is 0. The van der Waals surface area contributed by atoms with E-state index < -0.39 is 0 Å². The molecule has 4 nitrogen and oxygen atoms in total. The second-order valence-electron chi connectivity index (χ2n) is 4.29. The van der Waals surface area contributed by atoms with Crippen LogP contribution in [0.15, 0.2) is 35.1 Å². The molecule has 0 aliphatic carbocycles. The summed E-state index contributed by atoms with van der Waals surface area (Å²) in [5.74, 6) is 0.745. The van der Waals surface area contributed by atoms with Crippen molar-refractivity contribution in [3.05, 3.63) is 40.7 Å². The summed E-state index contributed by atoms with van der Waals surface area (Å²) in [4.78, 5) is 14.6. The number of nitrogens with one attached hydrogen (secondary N) is 2. The van der Waals surface area contributed by atoms with Crippen LogP contribution in [0.5, 0.6) is 0 Å². The Hall–Kier alpha value is -1.81. The minimum absolute atomic E-state index is 0.0635. The molecule has 4 heteroatoms. The summed E-state index contributed by atoms with van der Waals surface area (Å²) in [6.45, 7) is 2.72. The maximum absolute atomic E-state index is 11.8. The van der Waals surface area contributed by atoms with E-state index >= 15 is 0 Å². The Bertz CT molecular complexity index is 560. The highest BCUT2D eigenvalue weighted by atomic mass is 16.1. The lowest BCUT2D eigenvalue weighted by Crippen LogP contribution is -2.20. The first-order chi connectivity index (χ1) is 8.16. The van der Waals surface area contributed by atoms with Gasteiger partial charge in [0.1, 0.15) is 5.82 Å². The molecule has 1 aromatic heterocycles. The number of pyridine rings is 1. The molecule has 0 aliphatic heterocycles. The van der Waals surface area contributed by atoms with E-state index in [1.54, 1.807) is 0 Å². The van der Waals surface area contributed by atoms with Crippen molar-refractivity contribution in [2.24, 2.45) is 5.73 Å². The van der Waals surface area contributed by atoms with E-state index in [1.165, 1.54) is 0 Å². The lowest BCUT2D eigenvalue weighted by Gasteiger charge is -2.08. The molecule has 0 saturated heterocycles. The van der Waals surface area contributed by atoms with Gasteiger partial charge in [-0.2, -0.15) is 0 Å². The van der Waals surface area contributed by atoms with Gasteiger partial charge in [-0.25, -0.2) is 0 Å². The Morgan fingerprint density at radius 2 is 2.18 bits per heavy atom. The Labute approximate surface area is 99.8 Å². The van der Waals surface area contributed by atoms with Gasteiger partial charge in [0.25, 0.3) is 5.56 Å². The maximum atomic E-state index is 11.8. The number of anilines is 1. The van der Waals surface area contributed by atoms with Crippen molar-refractivity contribution in [3.8, 4) is 0 Å². The zero-order chi connectivity index (χ0) is 12.3. The van der Waals surface area contributed by atoms with Gasteiger partial charge in [-0.1, -0.05) is 18.2 Å². The largest absolute Gasteiger partial charge is 0.371 e. The molecule has 17 heavy (non-hydrogen) atoms. The highest BCUT2D eigenvalue weighted by molar-refractivity contribution is 5.83. The molecular formula is C13H17N3O. The molecular weight excluding hydrogens is 214 g/mol. The molecule has 0 spiro atoms. The second kappa shape index (κ2) is 5.01. The molecule has 0 aliphatic rings. The summed E-state index contributed by atoms with van der Waals surface area (Å²) in [6, 6.07) is 9.64. The van der Waals surface area contributed by atoms with Crippen molar-refractivity contribution < 1.29 is 0 Å². The van der Waals surface area contributed by atoms with Crippen LogP contribution in [0.3, 0.4) is 0 Å². The number of aromatic nitrogens is 1. The third-order valence-electron chi connectivity index (χ3n) is 2.67. The predicted molar refractivity (Wildman–Crippen MR) is 71.3 cm³/mol. The van der Waals surface area contributed by atoms with Crippen LogP contribution in [0.1, 0.15) is 13.3 Å². The fraction of sp³-hybridized carbons (Fsp3) is 0.308. The molecule has 2 aromatic rings. The Balaban J connectivity index is 2.22. The maximum Gasteiger partial charge on any atom is 0.257 e. The van der Waals surface area contributed by atoms with Gasteiger partial charge in [0.2, 0.25) is 0 Å². The van der Waals surface area contributed by atoms with Crippen molar-refractivity contribution in [2.75, 3.05) is 11.9 Å². The fourth-order valence-electron chi connectivity index (χ4n) is 1.74. The quantitative estimate of drug-likeness (QED) is 0.749. The number of aromatic amines is 1. The van der Waals surface area contributed by atoms with E-state index in [4.69, 9.17) is 5.73 Å². The van der Waals surface area contributed by atoms with Crippen LogP contribution in [0, 0.1) is 0 Å². The van der Waals surface area contributed by atoms with Crippen molar-refractivity contribution in [3.63, 3.8) is 0 Å². The second-order valence-corrected chi connectivity index (χ2v) is 4.29. The monoisotopic (exact) mass is 231 g/mol. The van der Waals surface area contributed by atoms with E-state index in [9.17, 15) is 4.79 Å². The molecule has 0 bridgehead atoms.